The Balaban J connectivity index is 4.99. The molecule has 0 heterocycles. The minimum Gasteiger partial charge on any atom is -0.330 e. The third kappa shape index (κ3) is 8.44. The van der Waals surface area contributed by atoms with E-state index in [2.05, 4.69) is 4.18 Å². The molecule has 0 rings (SSSR count). The van der Waals surface area contributed by atoms with E-state index in [1.807, 2.05) is 0 Å². The summed E-state index contributed by atoms with van der Waals surface area (Å²) in [5.74, 6) is -2.34. The van der Waals surface area contributed by atoms with E-state index in [-0.39, 0.29) is 4.90 Å². The number of hydrogen-bond acceptors (Lipinski definition) is 6. The number of rotatable bonds is 7. The van der Waals surface area contributed by atoms with E-state index in [9.17, 15) is 34.8 Å². The molecule has 0 radical (unpaired) electrons. The number of carbonyl (C=O) groups excluding carboxylic acids is 1. The summed E-state index contributed by atoms with van der Waals surface area (Å²) in [4.78, 5) is 11.2. The first-order valence-corrected chi connectivity index (χ1v) is 9.39. The van der Waals surface area contributed by atoms with Crippen LogP contribution in [0.3, 0.4) is 0 Å². The second-order valence-corrected chi connectivity index (χ2v) is 8.67. The molecular weight excluding hydrogens is 363 g/mol. The van der Waals surface area contributed by atoms with Crippen LogP contribution in [0, 0.1) is 0 Å². The molecule has 0 aliphatic heterocycles. The normalized spacial score (nSPS) is 14.8. The number of hydrogen-bond donors (Lipinski definition) is 0. The maximum absolute atomic E-state index is 12.4. The molecule has 0 N–H and O–H groups in total. The molecule has 1 atom stereocenters. The van der Waals surface area contributed by atoms with Crippen LogP contribution in [0.4, 0.5) is 13.2 Å². The van der Waals surface area contributed by atoms with E-state index in [1.165, 1.54) is 0 Å². The molecule has 0 saturated carbocycles. The first kappa shape index (κ1) is 20.4. The smallest absolute Gasteiger partial charge is 0.330 e. The second kappa shape index (κ2) is 7.11. The Hall–Kier alpha value is -0.590. The van der Waals surface area contributed by atoms with Crippen molar-refractivity contribution < 1.29 is 39.0 Å². The van der Waals surface area contributed by atoms with Gasteiger partial charge in [-0.25, -0.2) is 8.42 Å². The van der Waals surface area contributed by atoms with Crippen LogP contribution in [-0.2, 0) is 28.9 Å². The van der Waals surface area contributed by atoms with Crippen LogP contribution in [0.1, 0.15) is 0 Å². The molecule has 7 nitrogen and oxygen atoms in total. The standard InChI is InChI=1S/C8H13ClF3NO6S2/c1-20(15,16)6(9)5-13(7(14)8(10,11)12)3-4-19-21(2,17)18/h6H,3-5H2,1-2H3. The van der Waals surface area contributed by atoms with Gasteiger partial charge in [-0.2, -0.15) is 21.6 Å². The van der Waals surface area contributed by atoms with E-state index >= 15 is 0 Å². The van der Waals surface area contributed by atoms with Crippen molar-refractivity contribution in [2.75, 3.05) is 32.2 Å². The third-order valence-corrected chi connectivity index (χ3v) is 4.80. The summed E-state index contributed by atoms with van der Waals surface area (Å²) in [5.41, 5.74) is 0. The lowest BCUT2D eigenvalue weighted by Crippen LogP contribution is -2.46. The van der Waals surface area contributed by atoms with Crippen LogP contribution >= 0.6 is 11.6 Å². The molecule has 0 aromatic heterocycles. The van der Waals surface area contributed by atoms with Gasteiger partial charge in [0.1, 0.15) is 0 Å². The summed E-state index contributed by atoms with van der Waals surface area (Å²) in [5, 5.41) is 0. The lowest BCUT2D eigenvalue weighted by molar-refractivity contribution is -0.185. The van der Waals surface area contributed by atoms with Crippen LogP contribution in [0.25, 0.3) is 0 Å². The van der Waals surface area contributed by atoms with Crippen molar-refractivity contribution in [1.29, 1.82) is 0 Å². The molecule has 0 spiro atoms. The second-order valence-electron chi connectivity index (χ2n) is 4.01. The Kier molecular flexibility index (Phi) is 6.91. The maximum Gasteiger partial charge on any atom is 0.471 e. The predicted molar refractivity (Wildman–Crippen MR) is 67.9 cm³/mol. The monoisotopic (exact) mass is 375 g/mol. The Bertz CT molecular complexity index is 573. The number of nitrogens with zero attached hydrogens (tertiary/aromatic N) is 1. The highest BCUT2D eigenvalue weighted by atomic mass is 35.5. The van der Waals surface area contributed by atoms with Gasteiger partial charge in [-0.15, -0.1) is 11.6 Å². The highest BCUT2D eigenvalue weighted by Crippen LogP contribution is 2.20. The van der Waals surface area contributed by atoms with Gasteiger partial charge in [0.05, 0.1) is 19.4 Å². The molecule has 0 aromatic rings. The van der Waals surface area contributed by atoms with E-state index in [0.717, 1.165) is 0 Å². The molecule has 0 aliphatic rings. The minimum atomic E-state index is -5.25. The molecule has 0 fully saturated rings. The Morgan fingerprint density at radius 1 is 1.24 bits per heavy atom. The molecule has 0 saturated heterocycles. The van der Waals surface area contributed by atoms with Gasteiger partial charge in [-0.1, -0.05) is 0 Å². The van der Waals surface area contributed by atoms with Crippen molar-refractivity contribution in [1.82, 2.24) is 4.90 Å². The van der Waals surface area contributed by atoms with Gasteiger partial charge in [0, 0.05) is 12.8 Å². The van der Waals surface area contributed by atoms with Gasteiger partial charge in [0.25, 0.3) is 10.1 Å². The van der Waals surface area contributed by atoms with Crippen molar-refractivity contribution in [3.8, 4) is 0 Å². The fourth-order valence-corrected chi connectivity index (χ4v) is 2.06. The van der Waals surface area contributed by atoms with Crippen LogP contribution < -0.4 is 0 Å². The van der Waals surface area contributed by atoms with Crippen LogP contribution in [0.5, 0.6) is 0 Å². The molecule has 21 heavy (non-hydrogen) atoms. The maximum atomic E-state index is 12.4. The summed E-state index contributed by atoms with van der Waals surface area (Å²) in [7, 11) is -7.79. The highest BCUT2D eigenvalue weighted by molar-refractivity contribution is 7.92. The molecule has 0 aromatic carbocycles. The van der Waals surface area contributed by atoms with Gasteiger partial charge in [-0.05, 0) is 0 Å². The van der Waals surface area contributed by atoms with E-state index in [4.69, 9.17) is 11.6 Å². The topological polar surface area (TPSA) is 97.8 Å². The summed E-state index contributed by atoms with van der Waals surface area (Å²) in [6, 6.07) is 0. The molecule has 0 bridgehead atoms. The summed E-state index contributed by atoms with van der Waals surface area (Å²) in [6.45, 7) is -2.50. The number of alkyl halides is 4. The fourth-order valence-electron chi connectivity index (χ4n) is 1.06. The molecular formula is C8H13ClF3NO6S2. The SMILES string of the molecule is CS(=O)(=O)OCCN(CC(Cl)S(C)(=O)=O)C(=O)C(F)(F)F. The third-order valence-electron chi connectivity index (χ3n) is 2.02. The zero-order chi connectivity index (χ0) is 17.1. The largest absolute Gasteiger partial charge is 0.471 e. The van der Waals surface area contributed by atoms with Gasteiger partial charge < -0.3 is 4.90 Å². The predicted octanol–water partition coefficient (Wildman–Crippen LogP) is -0.0370. The number of halogens is 4. The Morgan fingerprint density at radius 3 is 2.05 bits per heavy atom. The van der Waals surface area contributed by atoms with E-state index in [0.29, 0.717) is 12.5 Å². The lowest BCUT2D eigenvalue weighted by Gasteiger charge is -2.25. The van der Waals surface area contributed by atoms with E-state index < -0.39 is 56.4 Å². The number of amides is 1. The van der Waals surface area contributed by atoms with Crippen molar-refractivity contribution in [2.45, 2.75) is 10.9 Å². The highest BCUT2D eigenvalue weighted by Gasteiger charge is 2.43. The number of carbonyl (C=O) groups is 1. The molecule has 13 heteroatoms. The van der Waals surface area contributed by atoms with E-state index in [1.54, 1.807) is 0 Å². The molecule has 1 unspecified atom stereocenters. The van der Waals surface area contributed by atoms with Crippen LogP contribution in [0.2, 0.25) is 0 Å². The zero-order valence-corrected chi connectivity index (χ0v) is 13.3. The summed E-state index contributed by atoms with van der Waals surface area (Å²) < 4.78 is 83.1. The van der Waals surface area contributed by atoms with Gasteiger partial charge in [0.15, 0.2) is 14.5 Å². The number of sulfone groups is 1. The minimum absolute atomic E-state index is 0.0733. The molecule has 1 amide bonds. The van der Waals surface area contributed by atoms with Crippen molar-refractivity contribution in [2.24, 2.45) is 0 Å². The lowest BCUT2D eigenvalue weighted by atomic mass is 10.4. The van der Waals surface area contributed by atoms with Crippen LogP contribution in [0.15, 0.2) is 0 Å². The van der Waals surface area contributed by atoms with Gasteiger partial charge in [-0.3, -0.25) is 8.98 Å². The van der Waals surface area contributed by atoms with Gasteiger partial charge >= 0.3 is 12.1 Å². The van der Waals surface area contributed by atoms with Crippen molar-refractivity contribution in [3.05, 3.63) is 0 Å². The first-order chi connectivity index (χ1) is 9.14. The quantitative estimate of drug-likeness (QED) is 0.457. The summed E-state index contributed by atoms with van der Waals surface area (Å²) in [6.07, 6.45) is -3.89. The average molecular weight is 376 g/mol. The van der Waals surface area contributed by atoms with Crippen molar-refractivity contribution >= 4 is 37.5 Å². The first-order valence-electron chi connectivity index (χ1n) is 5.18. The van der Waals surface area contributed by atoms with Crippen molar-refractivity contribution in [3.63, 3.8) is 0 Å². The molecule has 0 aliphatic carbocycles. The summed E-state index contributed by atoms with van der Waals surface area (Å²) >= 11 is 5.41. The van der Waals surface area contributed by atoms with Crippen LogP contribution in [-0.4, -0.2) is 70.7 Å². The zero-order valence-electron chi connectivity index (χ0n) is 10.9. The average Bonchev–Trinajstić information content (AvgIpc) is 2.22. The molecule has 126 valence electrons. The Morgan fingerprint density at radius 2 is 1.71 bits per heavy atom. The Labute approximate surface area is 125 Å². The van der Waals surface area contributed by atoms with Gasteiger partial charge in [0.2, 0.25) is 0 Å². The fraction of sp³-hybridized carbons (Fsp3) is 0.875.